The molecule has 1 amide bonds. The Kier molecular flexibility index (Phi) is 6.07. The summed E-state index contributed by atoms with van der Waals surface area (Å²) in [6.45, 7) is 0.312. The van der Waals surface area contributed by atoms with Crippen molar-refractivity contribution >= 4 is 11.9 Å². The highest BCUT2D eigenvalue weighted by atomic mass is 19.1. The second kappa shape index (κ2) is 8.47. The molecule has 0 unspecified atom stereocenters. The Labute approximate surface area is 153 Å². The highest BCUT2D eigenvalue weighted by Gasteiger charge is 2.47. The van der Waals surface area contributed by atoms with Crippen molar-refractivity contribution in [2.24, 2.45) is 0 Å². The molecule has 1 saturated carbocycles. The van der Waals surface area contributed by atoms with Crippen LogP contribution in [0.1, 0.15) is 56.9 Å². The molecular weight excluding hydrogens is 333 g/mol. The van der Waals surface area contributed by atoms with Crippen molar-refractivity contribution in [2.45, 2.75) is 56.8 Å². The molecule has 2 aliphatic carbocycles. The van der Waals surface area contributed by atoms with E-state index in [0.29, 0.717) is 19.4 Å². The summed E-state index contributed by atoms with van der Waals surface area (Å²) in [5.41, 5.74) is 1.44. The summed E-state index contributed by atoms with van der Waals surface area (Å²) in [5.74, 6) is -0.993. The van der Waals surface area contributed by atoms with E-state index in [-0.39, 0.29) is 24.3 Å². The summed E-state index contributed by atoms with van der Waals surface area (Å²) in [6.07, 6.45) is 10.1. The van der Waals surface area contributed by atoms with E-state index in [2.05, 4.69) is 11.4 Å². The van der Waals surface area contributed by atoms with Gasteiger partial charge < -0.3 is 10.1 Å². The number of carbonyl (C=O) groups excluding carboxylic acids is 2. The molecule has 0 bridgehead atoms. The van der Waals surface area contributed by atoms with Crippen LogP contribution in [0.3, 0.4) is 0 Å². The SMILES string of the molecule is O=C(COC(=O)C1(c2ccc(F)cc2)CCC1)NCCC1=CCCCC1. The second-order valence-corrected chi connectivity index (χ2v) is 7.23. The van der Waals surface area contributed by atoms with Gasteiger partial charge in [0.15, 0.2) is 6.61 Å². The topological polar surface area (TPSA) is 55.4 Å². The van der Waals surface area contributed by atoms with E-state index in [1.807, 2.05) is 0 Å². The first-order valence-corrected chi connectivity index (χ1v) is 9.48. The van der Waals surface area contributed by atoms with Crippen molar-refractivity contribution in [2.75, 3.05) is 13.2 Å². The van der Waals surface area contributed by atoms with Crippen LogP contribution in [0.15, 0.2) is 35.9 Å². The third-order valence-corrected chi connectivity index (χ3v) is 5.48. The number of ether oxygens (including phenoxy) is 1. The van der Waals surface area contributed by atoms with Gasteiger partial charge >= 0.3 is 5.97 Å². The van der Waals surface area contributed by atoms with Crippen LogP contribution >= 0.6 is 0 Å². The third kappa shape index (κ3) is 4.32. The number of hydrogen-bond acceptors (Lipinski definition) is 3. The first-order valence-electron chi connectivity index (χ1n) is 9.48. The molecule has 1 fully saturated rings. The molecule has 4 nitrogen and oxygen atoms in total. The Balaban J connectivity index is 1.45. The van der Waals surface area contributed by atoms with Crippen molar-refractivity contribution in [1.82, 2.24) is 5.32 Å². The van der Waals surface area contributed by atoms with E-state index in [0.717, 1.165) is 31.2 Å². The zero-order chi connectivity index (χ0) is 18.4. The molecule has 0 spiro atoms. The maximum absolute atomic E-state index is 13.1. The lowest BCUT2D eigenvalue weighted by Gasteiger charge is -2.39. The number of esters is 1. The van der Waals surface area contributed by atoms with Gasteiger partial charge in [0.2, 0.25) is 0 Å². The summed E-state index contributed by atoms with van der Waals surface area (Å²) >= 11 is 0. The number of hydrogen-bond donors (Lipinski definition) is 1. The Morgan fingerprint density at radius 2 is 1.88 bits per heavy atom. The van der Waals surface area contributed by atoms with Gasteiger partial charge in [0.1, 0.15) is 5.82 Å². The maximum Gasteiger partial charge on any atom is 0.317 e. The zero-order valence-electron chi connectivity index (χ0n) is 15.1. The quantitative estimate of drug-likeness (QED) is 0.595. The smallest absolute Gasteiger partial charge is 0.317 e. The van der Waals surface area contributed by atoms with Crippen LogP contribution in [0.4, 0.5) is 4.39 Å². The molecule has 3 rings (SSSR count). The number of allylic oxidation sites excluding steroid dienone is 1. The minimum absolute atomic E-state index is 0.263. The molecule has 1 aromatic carbocycles. The summed E-state index contributed by atoms with van der Waals surface area (Å²) in [5, 5.41) is 2.81. The number of rotatable bonds is 7. The van der Waals surface area contributed by atoms with Gasteiger partial charge in [-0.25, -0.2) is 4.39 Å². The van der Waals surface area contributed by atoms with Gasteiger partial charge in [0.05, 0.1) is 5.41 Å². The van der Waals surface area contributed by atoms with Gasteiger partial charge in [-0.2, -0.15) is 0 Å². The predicted octanol–water partition coefficient (Wildman–Crippen LogP) is 3.80. The Morgan fingerprint density at radius 3 is 2.50 bits per heavy atom. The average Bonchev–Trinajstić information content (AvgIpc) is 2.61. The van der Waals surface area contributed by atoms with E-state index in [4.69, 9.17) is 4.74 Å². The van der Waals surface area contributed by atoms with Crippen molar-refractivity contribution in [3.63, 3.8) is 0 Å². The molecule has 0 radical (unpaired) electrons. The summed E-state index contributed by atoms with van der Waals surface area (Å²) in [7, 11) is 0. The van der Waals surface area contributed by atoms with Crippen LogP contribution in [-0.4, -0.2) is 25.0 Å². The van der Waals surface area contributed by atoms with E-state index in [1.165, 1.54) is 30.5 Å². The monoisotopic (exact) mass is 359 g/mol. The highest BCUT2D eigenvalue weighted by molar-refractivity contribution is 5.87. The van der Waals surface area contributed by atoms with Gasteiger partial charge in [0, 0.05) is 6.54 Å². The van der Waals surface area contributed by atoms with Crippen molar-refractivity contribution < 1.29 is 18.7 Å². The fourth-order valence-corrected chi connectivity index (χ4v) is 3.72. The molecule has 0 aliphatic heterocycles. The van der Waals surface area contributed by atoms with Crippen LogP contribution in [0.25, 0.3) is 0 Å². The summed E-state index contributed by atoms with van der Waals surface area (Å²) in [6, 6.07) is 5.98. The van der Waals surface area contributed by atoms with Crippen LogP contribution in [-0.2, 0) is 19.7 Å². The summed E-state index contributed by atoms with van der Waals surface area (Å²) < 4.78 is 18.4. The minimum Gasteiger partial charge on any atom is -0.455 e. The maximum atomic E-state index is 13.1. The van der Waals surface area contributed by atoms with Crippen LogP contribution < -0.4 is 5.32 Å². The summed E-state index contributed by atoms with van der Waals surface area (Å²) in [4.78, 5) is 24.5. The molecule has 1 aromatic rings. The van der Waals surface area contributed by atoms with Crippen molar-refractivity contribution in [3.05, 3.63) is 47.3 Å². The lowest BCUT2D eigenvalue weighted by atomic mass is 9.64. The molecule has 26 heavy (non-hydrogen) atoms. The van der Waals surface area contributed by atoms with Crippen LogP contribution in [0.2, 0.25) is 0 Å². The molecular formula is C21H26FNO3. The number of halogens is 1. The van der Waals surface area contributed by atoms with Crippen LogP contribution in [0, 0.1) is 5.82 Å². The molecule has 2 aliphatic rings. The van der Waals surface area contributed by atoms with Gasteiger partial charge in [-0.05, 0) is 62.6 Å². The molecule has 1 N–H and O–H groups in total. The Hall–Kier alpha value is -2.17. The standard InChI is InChI=1S/C21H26FNO3/c22-18-9-7-17(8-10-18)21(12-4-13-21)20(25)26-15-19(24)23-14-11-16-5-2-1-3-6-16/h5,7-10H,1-4,6,11-15H2,(H,23,24). The number of amides is 1. The first kappa shape index (κ1) is 18.6. The van der Waals surface area contributed by atoms with Gasteiger partial charge in [-0.3, -0.25) is 9.59 Å². The van der Waals surface area contributed by atoms with E-state index < -0.39 is 5.41 Å². The second-order valence-electron chi connectivity index (χ2n) is 7.23. The number of nitrogens with one attached hydrogen (secondary N) is 1. The van der Waals surface area contributed by atoms with Gasteiger partial charge in [-0.15, -0.1) is 0 Å². The van der Waals surface area contributed by atoms with Crippen LogP contribution in [0.5, 0.6) is 0 Å². The lowest BCUT2D eigenvalue weighted by molar-refractivity contribution is -0.157. The minimum atomic E-state index is -0.721. The Bertz CT molecular complexity index is 677. The Morgan fingerprint density at radius 1 is 1.12 bits per heavy atom. The van der Waals surface area contributed by atoms with Crippen molar-refractivity contribution in [3.8, 4) is 0 Å². The van der Waals surface area contributed by atoms with Gasteiger partial charge in [0.25, 0.3) is 5.91 Å². The molecule has 5 heteroatoms. The number of benzene rings is 1. The third-order valence-electron chi connectivity index (χ3n) is 5.48. The van der Waals surface area contributed by atoms with E-state index in [1.54, 1.807) is 12.1 Å². The fraction of sp³-hybridized carbons (Fsp3) is 0.524. The lowest BCUT2D eigenvalue weighted by Crippen LogP contribution is -2.45. The highest BCUT2D eigenvalue weighted by Crippen LogP contribution is 2.44. The molecule has 0 aromatic heterocycles. The molecule has 0 saturated heterocycles. The molecule has 0 heterocycles. The normalized spacial score (nSPS) is 18.4. The van der Waals surface area contributed by atoms with Crippen molar-refractivity contribution in [1.29, 1.82) is 0 Å². The first-order chi connectivity index (χ1) is 12.6. The fourth-order valence-electron chi connectivity index (χ4n) is 3.72. The number of carbonyl (C=O) groups is 2. The molecule has 140 valence electrons. The largest absolute Gasteiger partial charge is 0.455 e. The predicted molar refractivity (Wildman–Crippen MR) is 97.1 cm³/mol. The van der Waals surface area contributed by atoms with Gasteiger partial charge in [-0.1, -0.05) is 30.2 Å². The van der Waals surface area contributed by atoms with E-state index >= 15 is 0 Å². The zero-order valence-corrected chi connectivity index (χ0v) is 15.1. The molecule has 0 atom stereocenters. The average molecular weight is 359 g/mol. The van der Waals surface area contributed by atoms with E-state index in [9.17, 15) is 14.0 Å².